The summed E-state index contributed by atoms with van der Waals surface area (Å²) in [6, 6.07) is 17.6. The molecule has 0 bridgehead atoms. The van der Waals surface area contributed by atoms with E-state index < -0.39 is 0 Å². The van der Waals surface area contributed by atoms with E-state index in [4.69, 9.17) is 14.7 Å². The fourth-order valence-electron chi connectivity index (χ4n) is 2.02. The van der Waals surface area contributed by atoms with Gasteiger partial charge in [-0.25, -0.2) is 0 Å². The van der Waals surface area contributed by atoms with E-state index in [1.807, 2.05) is 48.5 Å². The maximum Gasteiger partial charge on any atom is 0.119 e. The van der Waals surface area contributed by atoms with Gasteiger partial charge in [0.25, 0.3) is 0 Å². The van der Waals surface area contributed by atoms with Gasteiger partial charge >= 0.3 is 0 Å². The standard InChI is InChI=1S/C18H19NO2/c1-3-17(20-2)13-21-18-10-8-16(9-11-18)15-6-4-14(12-19)5-7-15/h4-11,17H,3,13H2,1-2H3. The molecule has 0 saturated heterocycles. The summed E-state index contributed by atoms with van der Waals surface area (Å²) in [5.41, 5.74) is 2.86. The van der Waals surface area contributed by atoms with Gasteiger partial charge in [0, 0.05) is 7.11 Å². The fourth-order valence-corrected chi connectivity index (χ4v) is 2.02. The maximum atomic E-state index is 8.80. The van der Waals surface area contributed by atoms with Crippen molar-refractivity contribution in [1.82, 2.24) is 0 Å². The second-order valence-electron chi connectivity index (χ2n) is 4.79. The van der Waals surface area contributed by atoms with Crippen LogP contribution in [0.15, 0.2) is 48.5 Å². The predicted octanol–water partition coefficient (Wildman–Crippen LogP) is 4.03. The van der Waals surface area contributed by atoms with Crippen molar-refractivity contribution in [3.8, 4) is 22.9 Å². The van der Waals surface area contributed by atoms with Gasteiger partial charge < -0.3 is 9.47 Å². The first kappa shape index (κ1) is 15.1. The zero-order valence-corrected chi connectivity index (χ0v) is 12.4. The Morgan fingerprint density at radius 1 is 1.00 bits per heavy atom. The summed E-state index contributed by atoms with van der Waals surface area (Å²) in [6.07, 6.45) is 1.06. The topological polar surface area (TPSA) is 42.2 Å². The van der Waals surface area contributed by atoms with Crippen LogP contribution in [0.5, 0.6) is 5.75 Å². The molecule has 0 radical (unpaired) electrons. The highest BCUT2D eigenvalue weighted by atomic mass is 16.5. The van der Waals surface area contributed by atoms with E-state index in [0.29, 0.717) is 12.2 Å². The van der Waals surface area contributed by atoms with Crippen molar-refractivity contribution < 1.29 is 9.47 Å². The molecule has 3 nitrogen and oxygen atoms in total. The van der Waals surface area contributed by atoms with Crippen molar-refractivity contribution in [3.05, 3.63) is 54.1 Å². The van der Waals surface area contributed by atoms with Crippen LogP contribution < -0.4 is 4.74 Å². The van der Waals surface area contributed by atoms with Crippen LogP contribution >= 0.6 is 0 Å². The van der Waals surface area contributed by atoms with Gasteiger partial charge in [0.05, 0.1) is 17.7 Å². The number of hydrogen-bond donors (Lipinski definition) is 0. The molecule has 0 aliphatic carbocycles. The summed E-state index contributed by atoms with van der Waals surface area (Å²) in [5.74, 6) is 0.836. The van der Waals surface area contributed by atoms with Gasteiger partial charge in [0.15, 0.2) is 0 Å². The molecule has 0 aliphatic rings. The average molecular weight is 281 g/mol. The number of nitrogens with zero attached hydrogens (tertiary/aromatic N) is 1. The lowest BCUT2D eigenvalue weighted by molar-refractivity contribution is 0.0556. The van der Waals surface area contributed by atoms with Gasteiger partial charge in [-0.05, 0) is 41.8 Å². The minimum Gasteiger partial charge on any atom is -0.491 e. The minimum atomic E-state index is 0.128. The lowest BCUT2D eigenvalue weighted by Crippen LogP contribution is -2.18. The Morgan fingerprint density at radius 3 is 2.05 bits per heavy atom. The van der Waals surface area contributed by atoms with Gasteiger partial charge in [0.2, 0.25) is 0 Å². The molecule has 0 aromatic heterocycles. The van der Waals surface area contributed by atoms with Crippen LogP contribution in [-0.4, -0.2) is 19.8 Å². The lowest BCUT2D eigenvalue weighted by Gasteiger charge is -2.14. The molecule has 3 heteroatoms. The Morgan fingerprint density at radius 2 is 1.57 bits per heavy atom. The van der Waals surface area contributed by atoms with E-state index >= 15 is 0 Å². The third-order valence-corrected chi connectivity index (χ3v) is 3.43. The highest BCUT2D eigenvalue weighted by Crippen LogP contribution is 2.23. The maximum absolute atomic E-state index is 8.80. The molecular formula is C18H19NO2. The molecule has 1 unspecified atom stereocenters. The number of ether oxygens (including phenoxy) is 2. The molecule has 1 atom stereocenters. The monoisotopic (exact) mass is 281 g/mol. The van der Waals surface area contributed by atoms with E-state index in [1.54, 1.807) is 7.11 Å². The largest absolute Gasteiger partial charge is 0.491 e. The van der Waals surface area contributed by atoms with Crippen LogP contribution in [0.3, 0.4) is 0 Å². The number of methoxy groups -OCH3 is 1. The van der Waals surface area contributed by atoms with Crippen molar-refractivity contribution in [2.24, 2.45) is 0 Å². The molecule has 0 spiro atoms. The quantitative estimate of drug-likeness (QED) is 0.802. The molecule has 2 aromatic rings. The number of rotatable bonds is 6. The van der Waals surface area contributed by atoms with Crippen molar-refractivity contribution >= 4 is 0 Å². The average Bonchev–Trinajstić information content (AvgIpc) is 2.56. The summed E-state index contributed by atoms with van der Waals surface area (Å²) in [5, 5.41) is 8.80. The smallest absolute Gasteiger partial charge is 0.119 e. The molecule has 0 fully saturated rings. The third kappa shape index (κ3) is 4.08. The molecule has 0 amide bonds. The fraction of sp³-hybridized carbons (Fsp3) is 0.278. The van der Waals surface area contributed by atoms with Crippen molar-refractivity contribution in [3.63, 3.8) is 0 Å². The zero-order valence-electron chi connectivity index (χ0n) is 12.4. The van der Waals surface area contributed by atoms with Crippen LogP contribution in [0, 0.1) is 11.3 Å². The molecule has 0 aliphatic heterocycles. The summed E-state index contributed by atoms with van der Waals surface area (Å²) in [6.45, 7) is 2.63. The Balaban J connectivity index is 2.02. The highest BCUT2D eigenvalue weighted by molar-refractivity contribution is 5.64. The van der Waals surface area contributed by atoms with Gasteiger partial charge in [-0.15, -0.1) is 0 Å². The van der Waals surface area contributed by atoms with Crippen LogP contribution in [0.1, 0.15) is 18.9 Å². The molecule has 2 aromatic carbocycles. The summed E-state index contributed by atoms with van der Waals surface area (Å²) in [7, 11) is 1.70. The molecule has 2 rings (SSSR count). The van der Waals surface area contributed by atoms with Crippen molar-refractivity contribution in [2.75, 3.05) is 13.7 Å². The Bertz CT molecular complexity index is 593. The van der Waals surface area contributed by atoms with Crippen molar-refractivity contribution in [1.29, 1.82) is 5.26 Å². The van der Waals surface area contributed by atoms with E-state index in [1.165, 1.54) is 0 Å². The molecule has 0 saturated carbocycles. The number of hydrogen-bond acceptors (Lipinski definition) is 3. The minimum absolute atomic E-state index is 0.128. The molecule has 21 heavy (non-hydrogen) atoms. The molecule has 108 valence electrons. The van der Waals surface area contributed by atoms with Gasteiger partial charge in [-0.3, -0.25) is 0 Å². The summed E-state index contributed by atoms with van der Waals surface area (Å²) in [4.78, 5) is 0. The van der Waals surface area contributed by atoms with Gasteiger partial charge in [0.1, 0.15) is 12.4 Å². The first-order chi connectivity index (χ1) is 10.3. The predicted molar refractivity (Wildman–Crippen MR) is 83.2 cm³/mol. The Hall–Kier alpha value is -2.31. The first-order valence-electron chi connectivity index (χ1n) is 7.03. The van der Waals surface area contributed by atoms with E-state index in [2.05, 4.69) is 13.0 Å². The zero-order chi connectivity index (χ0) is 15.1. The van der Waals surface area contributed by atoms with Crippen LogP contribution in [0.25, 0.3) is 11.1 Å². The second-order valence-corrected chi connectivity index (χ2v) is 4.79. The third-order valence-electron chi connectivity index (χ3n) is 3.43. The Kier molecular flexibility index (Phi) is 5.36. The molecule has 0 N–H and O–H groups in total. The van der Waals surface area contributed by atoms with E-state index in [-0.39, 0.29) is 6.10 Å². The lowest BCUT2D eigenvalue weighted by atomic mass is 10.0. The summed E-state index contributed by atoms with van der Waals surface area (Å²) >= 11 is 0. The SMILES string of the molecule is CCC(COc1ccc(-c2ccc(C#N)cc2)cc1)OC. The van der Waals surface area contributed by atoms with Gasteiger partial charge in [-0.2, -0.15) is 5.26 Å². The van der Waals surface area contributed by atoms with Gasteiger partial charge in [-0.1, -0.05) is 31.2 Å². The number of nitriles is 1. The van der Waals surface area contributed by atoms with Crippen LogP contribution in [-0.2, 0) is 4.74 Å². The van der Waals surface area contributed by atoms with E-state index in [9.17, 15) is 0 Å². The first-order valence-corrected chi connectivity index (χ1v) is 7.03. The van der Waals surface area contributed by atoms with Crippen LogP contribution in [0.2, 0.25) is 0 Å². The number of benzene rings is 2. The van der Waals surface area contributed by atoms with Crippen molar-refractivity contribution in [2.45, 2.75) is 19.4 Å². The summed E-state index contributed by atoms with van der Waals surface area (Å²) < 4.78 is 11.0. The van der Waals surface area contributed by atoms with E-state index in [0.717, 1.165) is 23.3 Å². The highest BCUT2D eigenvalue weighted by Gasteiger charge is 2.05. The molecule has 0 heterocycles. The van der Waals surface area contributed by atoms with Crippen LogP contribution in [0.4, 0.5) is 0 Å². The molecular weight excluding hydrogens is 262 g/mol. The second kappa shape index (κ2) is 7.47. The normalized spacial score (nSPS) is 11.7. The Labute approximate surface area is 125 Å².